The Morgan fingerprint density at radius 2 is 2.05 bits per heavy atom. The Balaban J connectivity index is 1.67. The predicted molar refractivity (Wildman–Crippen MR) is 95.4 cm³/mol. The molecule has 0 bridgehead atoms. The summed E-state index contributed by atoms with van der Waals surface area (Å²) in [6.07, 6.45) is 11.6. The zero-order valence-electron chi connectivity index (χ0n) is 12.7. The van der Waals surface area contributed by atoms with Crippen LogP contribution in [-0.2, 0) is 4.79 Å². The van der Waals surface area contributed by atoms with Crippen molar-refractivity contribution in [3.8, 4) is 0 Å². The molecule has 0 spiro atoms. The quantitative estimate of drug-likeness (QED) is 0.496. The first-order valence-electron chi connectivity index (χ1n) is 7.74. The first kappa shape index (κ1) is 16.4. The van der Waals surface area contributed by atoms with E-state index in [0.29, 0.717) is 5.11 Å². The second kappa shape index (κ2) is 9.15. The minimum atomic E-state index is -0.210. The van der Waals surface area contributed by atoms with Crippen molar-refractivity contribution in [2.45, 2.75) is 32.1 Å². The van der Waals surface area contributed by atoms with Gasteiger partial charge in [0.2, 0.25) is 5.91 Å². The number of hydrogen-bond acceptors (Lipinski definition) is 2. The summed E-state index contributed by atoms with van der Waals surface area (Å²) in [4.78, 5) is 11.8. The Kier molecular flexibility index (Phi) is 6.84. The monoisotopic (exact) mass is 314 g/mol. The van der Waals surface area contributed by atoms with Crippen molar-refractivity contribution in [2.75, 3.05) is 6.54 Å². The van der Waals surface area contributed by atoms with Crippen molar-refractivity contribution in [2.24, 2.45) is 0 Å². The van der Waals surface area contributed by atoms with Crippen molar-refractivity contribution in [3.05, 3.63) is 53.6 Å². The molecule has 0 saturated carbocycles. The highest BCUT2D eigenvalue weighted by molar-refractivity contribution is 7.80. The summed E-state index contributed by atoms with van der Waals surface area (Å²) in [6, 6.07) is 9.70. The van der Waals surface area contributed by atoms with E-state index in [1.54, 1.807) is 6.08 Å². The van der Waals surface area contributed by atoms with Crippen molar-refractivity contribution in [1.82, 2.24) is 10.6 Å². The SMILES string of the molecule is O=C(C=Cc1ccccc1)NC(=S)NCCC1=CCCCC1. The Morgan fingerprint density at radius 3 is 2.77 bits per heavy atom. The van der Waals surface area contributed by atoms with Gasteiger partial charge in [0.1, 0.15) is 0 Å². The van der Waals surface area contributed by atoms with E-state index in [2.05, 4.69) is 16.7 Å². The average molecular weight is 314 g/mol. The van der Waals surface area contributed by atoms with Crippen LogP contribution in [0.4, 0.5) is 0 Å². The smallest absolute Gasteiger partial charge is 0.250 e. The van der Waals surface area contributed by atoms with Gasteiger partial charge in [-0.2, -0.15) is 0 Å². The molecule has 1 aromatic carbocycles. The number of amides is 1. The summed E-state index contributed by atoms with van der Waals surface area (Å²) in [5.74, 6) is -0.210. The van der Waals surface area contributed by atoms with E-state index in [1.807, 2.05) is 30.3 Å². The van der Waals surface area contributed by atoms with Crippen molar-refractivity contribution < 1.29 is 4.79 Å². The van der Waals surface area contributed by atoms with Gasteiger partial charge in [0, 0.05) is 12.6 Å². The molecule has 1 aromatic rings. The molecule has 0 heterocycles. The summed E-state index contributed by atoms with van der Waals surface area (Å²) in [7, 11) is 0. The van der Waals surface area contributed by atoms with Gasteiger partial charge in [-0.1, -0.05) is 42.0 Å². The fourth-order valence-corrected chi connectivity index (χ4v) is 2.60. The zero-order chi connectivity index (χ0) is 15.6. The average Bonchev–Trinajstić information content (AvgIpc) is 2.55. The third-order valence-corrected chi connectivity index (χ3v) is 3.83. The molecule has 0 saturated heterocycles. The van der Waals surface area contributed by atoms with E-state index in [9.17, 15) is 4.79 Å². The first-order chi connectivity index (χ1) is 10.7. The van der Waals surface area contributed by atoms with Crippen LogP contribution in [0, 0.1) is 0 Å². The van der Waals surface area contributed by atoms with Crippen LogP contribution in [-0.4, -0.2) is 17.6 Å². The lowest BCUT2D eigenvalue weighted by Crippen LogP contribution is -2.38. The molecule has 116 valence electrons. The highest BCUT2D eigenvalue weighted by atomic mass is 32.1. The lowest BCUT2D eigenvalue weighted by molar-refractivity contribution is -0.115. The van der Waals surface area contributed by atoms with Gasteiger partial charge in [-0.05, 0) is 56.0 Å². The molecule has 0 aromatic heterocycles. The van der Waals surface area contributed by atoms with Crippen LogP contribution in [0.2, 0.25) is 0 Å². The standard InChI is InChI=1S/C18H22N2OS/c21-17(12-11-15-7-3-1-4-8-15)20-18(22)19-14-13-16-9-5-2-6-10-16/h1,3-4,7-9,11-12H,2,5-6,10,13-14H2,(H2,19,20,21,22). The van der Waals surface area contributed by atoms with E-state index in [0.717, 1.165) is 18.5 Å². The Hall–Kier alpha value is -1.94. The molecule has 4 heteroatoms. The fourth-order valence-electron chi connectivity index (χ4n) is 2.40. The molecule has 2 rings (SSSR count). The van der Waals surface area contributed by atoms with Crippen LogP contribution < -0.4 is 10.6 Å². The Bertz CT molecular complexity index is 564. The number of hydrogen-bond donors (Lipinski definition) is 2. The van der Waals surface area contributed by atoms with Crippen LogP contribution in [0.25, 0.3) is 6.08 Å². The van der Waals surface area contributed by atoms with E-state index >= 15 is 0 Å². The normalized spacial score (nSPS) is 14.5. The minimum Gasteiger partial charge on any atom is -0.362 e. The van der Waals surface area contributed by atoms with E-state index in [-0.39, 0.29) is 5.91 Å². The second-order valence-corrected chi connectivity index (χ2v) is 5.76. The summed E-state index contributed by atoms with van der Waals surface area (Å²) < 4.78 is 0. The number of benzene rings is 1. The van der Waals surface area contributed by atoms with Crippen LogP contribution in [0.15, 0.2) is 48.1 Å². The Labute approximate surface area is 137 Å². The molecule has 0 unspecified atom stereocenters. The highest BCUT2D eigenvalue weighted by Gasteiger charge is 2.04. The first-order valence-corrected chi connectivity index (χ1v) is 8.15. The molecule has 1 amide bonds. The number of carbonyl (C=O) groups is 1. The van der Waals surface area contributed by atoms with Crippen LogP contribution in [0.1, 0.15) is 37.7 Å². The van der Waals surface area contributed by atoms with Crippen molar-refractivity contribution >= 4 is 29.3 Å². The number of rotatable bonds is 5. The molecule has 0 aliphatic heterocycles. The van der Waals surface area contributed by atoms with Gasteiger partial charge in [-0.15, -0.1) is 0 Å². The van der Waals surface area contributed by atoms with Gasteiger partial charge in [0.05, 0.1) is 0 Å². The van der Waals surface area contributed by atoms with Gasteiger partial charge < -0.3 is 5.32 Å². The highest BCUT2D eigenvalue weighted by Crippen LogP contribution is 2.19. The summed E-state index contributed by atoms with van der Waals surface area (Å²) in [5, 5.41) is 6.13. The molecule has 1 aliphatic rings. The van der Waals surface area contributed by atoms with Crippen molar-refractivity contribution in [3.63, 3.8) is 0 Å². The topological polar surface area (TPSA) is 41.1 Å². The molecule has 3 nitrogen and oxygen atoms in total. The maximum Gasteiger partial charge on any atom is 0.250 e. The zero-order valence-corrected chi connectivity index (χ0v) is 13.5. The van der Waals surface area contributed by atoms with Crippen LogP contribution in [0.5, 0.6) is 0 Å². The van der Waals surface area contributed by atoms with Crippen LogP contribution in [0.3, 0.4) is 0 Å². The maximum atomic E-state index is 11.8. The largest absolute Gasteiger partial charge is 0.362 e. The summed E-state index contributed by atoms with van der Waals surface area (Å²) in [6.45, 7) is 0.771. The molecule has 22 heavy (non-hydrogen) atoms. The molecule has 0 fully saturated rings. The van der Waals surface area contributed by atoms with Gasteiger partial charge in [0.15, 0.2) is 5.11 Å². The van der Waals surface area contributed by atoms with Crippen molar-refractivity contribution in [1.29, 1.82) is 0 Å². The number of thiocarbonyl (C=S) groups is 1. The van der Waals surface area contributed by atoms with Gasteiger partial charge in [-0.3, -0.25) is 10.1 Å². The van der Waals surface area contributed by atoms with Gasteiger partial charge in [-0.25, -0.2) is 0 Å². The van der Waals surface area contributed by atoms with E-state index < -0.39 is 0 Å². The third-order valence-electron chi connectivity index (χ3n) is 3.58. The summed E-state index contributed by atoms with van der Waals surface area (Å²) in [5.41, 5.74) is 2.48. The molecular weight excluding hydrogens is 292 g/mol. The van der Waals surface area contributed by atoms with Crippen LogP contribution >= 0.6 is 12.2 Å². The predicted octanol–water partition coefficient (Wildman–Crippen LogP) is 3.58. The number of carbonyl (C=O) groups excluding carboxylic acids is 1. The maximum absolute atomic E-state index is 11.8. The lowest BCUT2D eigenvalue weighted by atomic mass is 9.97. The van der Waals surface area contributed by atoms with Gasteiger partial charge >= 0.3 is 0 Å². The second-order valence-electron chi connectivity index (χ2n) is 5.35. The van der Waals surface area contributed by atoms with E-state index in [4.69, 9.17) is 12.2 Å². The number of nitrogens with one attached hydrogen (secondary N) is 2. The molecule has 1 aliphatic carbocycles. The summed E-state index contributed by atoms with van der Waals surface area (Å²) >= 11 is 5.13. The molecule has 2 N–H and O–H groups in total. The fraction of sp³-hybridized carbons (Fsp3) is 0.333. The third kappa shape index (κ3) is 6.22. The lowest BCUT2D eigenvalue weighted by Gasteiger charge is -2.13. The Morgan fingerprint density at radius 1 is 1.23 bits per heavy atom. The molecule has 0 atom stereocenters. The van der Waals surface area contributed by atoms with E-state index in [1.165, 1.54) is 37.3 Å². The number of allylic oxidation sites excluding steroid dienone is 1. The van der Waals surface area contributed by atoms with Gasteiger partial charge in [0.25, 0.3) is 0 Å². The molecule has 0 radical (unpaired) electrons. The minimum absolute atomic E-state index is 0.210. The molecular formula is C18H22N2OS.